The Labute approximate surface area is 160 Å². The van der Waals surface area contributed by atoms with Gasteiger partial charge in [-0.05, 0) is 62.4 Å². The first-order chi connectivity index (χ1) is 13.0. The Kier molecular flexibility index (Phi) is 5.94. The van der Waals surface area contributed by atoms with E-state index in [9.17, 15) is 4.79 Å². The number of hydrogen-bond donors (Lipinski definition) is 1. The Balaban J connectivity index is 1.62. The maximum Gasteiger partial charge on any atom is 0.255 e. The summed E-state index contributed by atoms with van der Waals surface area (Å²) in [5.41, 5.74) is 4.53. The second-order valence-corrected chi connectivity index (χ2v) is 6.75. The van der Waals surface area contributed by atoms with Gasteiger partial charge in [0.2, 0.25) is 0 Å². The lowest BCUT2D eigenvalue weighted by atomic mass is 10.1. The number of nitrogens with one attached hydrogen (secondary N) is 1. The fraction of sp³-hybridized carbons (Fsp3) is 0.227. The molecule has 0 bridgehead atoms. The summed E-state index contributed by atoms with van der Waals surface area (Å²) in [4.78, 5) is 23.1. The predicted molar refractivity (Wildman–Crippen MR) is 107 cm³/mol. The highest BCUT2D eigenvalue weighted by molar-refractivity contribution is 6.04. The van der Waals surface area contributed by atoms with Gasteiger partial charge in [0.15, 0.2) is 0 Å². The highest BCUT2D eigenvalue weighted by Crippen LogP contribution is 2.19. The van der Waals surface area contributed by atoms with Gasteiger partial charge in [-0.3, -0.25) is 19.7 Å². The number of carbonyl (C=O) groups is 1. The molecule has 138 valence electrons. The summed E-state index contributed by atoms with van der Waals surface area (Å²) in [6.45, 7) is 4.86. The SMILES string of the molecule is Cc1cncc(NC(=O)c2ccc(CN(C)C(C)c3ccccn3)cc2)c1. The van der Waals surface area contributed by atoms with Crippen LogP contribution in [0.4, 0.5) is 5.69 Å². The van der Waals surface area contributed by atoms with Gasteiger partial charge in [0, 0.05) is 30.5 Å². The van der Waals surface area contributed by atoms with Gasteiger partial charge < -0.3 is 5.32 Å². The maximum atomic E-state index is 12.4. The third-order valence-corrected chi connectivity index (χ3v) is 4.56. The Morgan fingerprint density at radius 2 is 1.93 bits per heavy atom. The molecule has 2 heterocycles. The lowest BCUT2D eigenvalue weighted by Crippen LogP contribution is -2.22. The van der Waals surface area contributed by atoms with Gasteiger partial charge in [-0.15, -0.1) is 0 Å². The van der Waals surface area contributed by atoms with Crippen molar-refractivity contribution in [2.45, 2.75) is 26.4 Å². The molecule has 3 rings (SSSR count). The van der Waals surface area contributed by atoms with Crippen molar-refractivity contribution < 1.29 is 4.79 Å². The summed E-state index contributed by atoms with van der Waals surface area (Å²) in [7, 11) is 2.07. The third-order valence-electron chi connectivity index (χ3n) is 4.56. The Bertz CT molecular complexity index is 894. The van der Waals surface area contributed by atoms with Crippen LogP contribution in [0, 0.1) is 6.92 Å². The van der Waals surface area contributed by atoms with Gasteiger partial charge in [0.25, 0.3) is 5.91 Å². The van der Waals surface area contributed by atoms with Crippen molar-refractivity contribution in [2.75, 3.05) is 12.4 Å². The van der Waals surface area contributed by atoms with E-state index in [4.69, 9.17) is 0 Å². The van der Waals surface area contributed by atoms with Crippen molar-refractivity contribution in [1.82, 2.24) is 14.9 Å². The first-order valence-electron chi connectivity index (χ1n) is 8.96. The molecule has 0 saturated heterocycles. The zero-order valence-corrected chi connectivity index (χ0v) is 15.9. The Morgan fingerprint density at radius 3 is 2.59 bits per heavy atom. The van der Waals surface area contributed by atoms with Crippen molar-refractivity contribution in [3.8, 4) is 0 Å². The normalized spacial score (nSPS) is 12.0. The summed E-state index contributed by atoms with van der Waals surface area (Å²) in [5, 5.41) is 2.88. The van der Waals surface area contributed by atoms with Crippen LogP contribution in [0.15, 0.2) is 67.1 Å². The van der Waals surface area contributed by atoms with E-state index in [0.717, 1.165) is 23.4 Å². The summed E-state index contributed by atoms with van der Waals surface area (Å²) in [6.07, 6.45) is 5.22. The first-order valence-corrected chi connectivity index (χ1v) is 8.96. The van der Waals surface area contributed by atoms with Crippen LogP contribution >= 0.6 is 0 Å². The molecule has 0 saturated carbocycles. The molecule has 0 aliphatic heterocycles. The molecule has 1 unspecified atom stereocenters. The van der Waals surface area contributed by atoms with Crippen molar-refractivity contribution >= 4 is 11.6 Å². The van der Waals surface area contributed by atoms with Gasteiger partial charge in [0.1, 0.15) is 0 Å². The van der Waals surface area contributed by atoms with Crippen LogP contribution in [-0.4, -0.2) is 27.8 Å². The fourth-order valence-corrected chi connectivity index (χ4v) is 2.86. The standard InChI is InChI=1S/C22H24N4O/c1-16-12-20(14-23-13-16)25-22(27)19-9-7-18(8-10-19)15-26(3)17(2)21-6-4-5-11-24-21/h4-14,17H,15H2,1-3H3,(H,25,27). The highest BCUT2D eigenvalue weighted by Gasteiger charge is 2.13. The molecule has 0 fully saturated rings. The summed E-state index contributed by atoms with van der Waals surface area (Å²) < 4.78 is 0. The number of aromatic nitrogens is 2. The van der Waals surface area contributed by atoms with E-state index < -0.39 is 0 Å². The van der Waals surface area contributed by atoms with Crippen LogP contribution in [0.2, 0.25) is 0 Å². The van der Waals surface area contributed by atoms with E-state index in [0.29, 0.717) is 11.3 Å². The van der Waals surface area contributed by atoms with Gasteiger partial charge in [0.05, 0.1) is 17.6 Å². The molecule has 1 aromatic carbocycles. The van der Waals surface area contributed by atoms with Crippen LogP contribution in [0.1, 0.15) is 40.1 Å². The van der Waals surface area contributed by atoms with Crippen molar-refractivity contribution in [1.29, 1.82) is 0 Å². The van der Waals surface area contributed by atoms with Crippen LogP contribution < -0.4 is 5.32 Å². The van der Waals surface area contributed by atoms with Crippen LogP contribution in [0.5, 0.6) is 0 Å². The summed E-state index contributed by atoms with van der Waals surface area (Å²) >= 11 is 0. The van der Waals surface area contributed by atoms with E-state index >= 15 is 0 Å². The number of nitrogens with zero attached hydrogens (tertiary/aromatic N) is 3. The van der Waals surface area contributed by atoms with Gasteiger partial charge in [-0.1, -0.05) is 18.2 Å². The molecule has 3 aromatic rings. The highest BCUT2D eigenvalue weighted by atomic mass is 16.1. The average Bonchev–Trinajstić information content (AvgIpc) is 2.68. The monoisotopic (exact) mass is 360 g/mol. The van der Waals surface area contributed by atoms with Crippen molar-refractivity contribution in [2.24, 2.45) is 0 Å². The van der Waals surface area contributed by atoms with Gasteiger partial charge in [-0.25, -0.2) is 0 Å². The maximum absolute atomic E-state index is 12.4. The lowest BCUT2D eigenvalue weighted by molar-refractivity contribution is 0.102. The summed E-state index contributed by atoms with van der Waals surface area (Å²) in [6, 6.07) is 15.8. The first kappa shape index (κ1) is 18.7. The number of aryl methyl sites for hydroxylation is 1. The number of amides is 1. The zero-order valence-electron chi connectivity index (χ0n) is 15.9. The molecule has 5 nitrogen and oxygen atoms in total. The number of carbonyl (C=O) groups excluding carboxylic acids is 1. The molecule has 0 radical (unpaired) electrons. The summed E-state index contributed by atoms with van der Waals surface area (Å²) in [5.74, 6) is -0.135. The third kappa shape index (κ3) is 4.99. The number of rotatable bonds is 6. The van der Waals surface area contributed by atoms with Crippen LogP contribution in [-0.2, 0) is 6.54 Å². The van der Waals surface area contributed by atoms with Gasteiger partial charge in [-0.2, -0.15) is 0 Å². The minimum Gasteiger partial charge on any atom is -0.321 e. The second-order valence-electron chi connectivity index (χ2n) is 6.75. The number of pyridine rings is 2. The van der Waals surface area contributed by atoms with Crippen molar-refractivity contribution in [3.63, 3.8) is 0 Å². The molecule has 1 atom stereocenters. The average molecular weight is 360 g/mol. The molecule has 0 aliphatic carbocycles. The molecule has 0 spiro atoms. The fourth-order valence-electron chi connectivity index (χ4n) is 2.86. The van der Waals surface area contributed by atoms with Crippen molar-refractivity contribution in [3.05, 3.63) is 89.5 Å². The molecule has 1 N–H and O–H groups in total. The number of hydrogen-bond acceptors (Lipinski definition) is 4. The molecular formula is C22H24N4O. The number of anilines is 1. The Hall–Kier alpha value is -3.05. The quantitative estimate of drug-likeness (QED) is 0.715. The molecule has 1 amide bonds. The van der Waals surface area contributed by atoms with Crippen LogP contribution in [0.25, 0.3) is 0 Å². The largest absolute Gasteiger partial charge is 0.321 e. The van der Waals surface area contributed by atoms with E-state index in [2.05, 4.69) is 34.2 Å². The molecule has 27 heavy (non-hydrogen) atoms. The number of benzene rings is 1. The topological polar surface area (TPSA) is 58.1 Å². The smallest absolute Gasteiger partial charge is 0.255 e. The van der Waals surface area contributed by atoms with E-state index in [1.165, 1.54) is 0 Å². The zero-order chi connectivity index (χ0) is 19.2. The van der Waals surface area contributed by atoms with Crippen LogP contribution in [0.3, 0.4) is 0 Å². The predicted octanol–water partition coefficient (Wildman–Crippen LogP) is 4.23. The van der Waals surface area contributed by atoms with E-state index in [1.807, 2.05) is 61.7 Å². The second kappa shape index (κ2) is 8.56. The molecule has 0 aliphatic rings. The molecule has 5 heteroatoms. The minimum absolute atomic E-state index is 0.135. The lowest BCUT2D eigenvalue weighted by Gasteiger charge is -2.24. The van der Waals surface area contributed by atoms with Gasteiger partial charge >= 0.3 is 0 Å². The molecular weight excluding hydrogens is 336 g/mol. The van der Waals surface area contributed by atoms with E-state index in [1.54, 1.807) is 12.4 Å². The molecule has 2 aromatic heterocycles. The minimum atomic E-state index is -0.135. The van der Waals surface area contributed by atoms with E-state index in [-0.39, 0.29) is 11.9 Å². The Morgan fingerprint density at radius 1 is 1.15 bits per heavy atom.